The zero-order chi connectivity index (χ0) is 11.8. The molecule has 2 aliphatic rings. The second-order valence-electron chi connectivity index (χ2n) is 5.24. The summed E-state index contributed by atoms with van der Waals surface area (Å²) in [4.78, 5) is 2.04. The van der Waals surface area contributed by atoms with Gasteiger partial charge in [-0.3, -0.25) is 4.90 Å². The Balaban J connectivity index is 2.03. The van der Waals surface area contributed by atoms with Crippen molar-refractivity contribution >= 4 is 0 Å². The average molecular weight is 236 g/mol. The van der Waals surface area contributed by atoms with Crippen LogP contribution in [0.15, 0.2) is 0 Å². The van der Waals surface area contributed by atoms with Gasteiger partial charge < -0.3 is 5.32 Å². The van der Waals surface area contributed by atoms with Gasteiger partial charge in [0, 0.05) is 31.7 Å². The molecule has 2 fully saturated rings. The normalized spacial score (nSPS) is 31.9. The van der Waals surface area contributed by atoms with Crippen LogP contribution in [0.3, 0.4) is 0 Å². The quantitative estimate of drug-likeness (QED) is 0.749. The fourth-order valence-electron chi connectivity index (χ4n) is 2.63. The molecule has 94 valence electrons. The van der Waals surface area contributed by atoms with Gasteiger partial charge in [0.25, 0.3) is 0 Å². The van der Waals surface area contributed by atoms with Crippen molar-refractivity contribution in [3.8, 4) is 0 Å². The lowest BCUT2D eigenvalue weighted by molar-refractivity contribution is -0.180. The van der Waals surface area contributed by atoms with Crippen molar-refractivity contribution in [2.45, 2.75) is 37.9 Å². The molecule has 1 unspecified atom stereocenters. The van der Waals surface area contributed by atoms with Gasteiger partial charge in [0.15, 0.2) is 0 Å². The number of hydrogen-bond donors (Lipinski definition) is 1. The highest BCUT2D eigenvalue weighted by atomic mass is 19.4. The number of hydrogen-bond acceptors (Lipinski definition) is 2. The standard InChI is InChI=1S/C11H19F3N2/c1-10(3-2-4-10)16-6-5-15-7-9(8-16)11(12,13)14/h9,15H,2-8H2,1H3. The number of rotatable bonds is 1. The molecular formula is C11H19F3N2. The van der Waals surface area contributed by atoms with Crippen LogP contribution in [0.1, 0.15) is 26.2 Å². The number of halogens is 3. The summed E-state index contributed by atoms with van der Waals surface area (Å²) in [7, 11) is 0. The molecule has 0 aromatic rings. The van der Waals surface area contributed by atoms with Crippen molar-refractivity contribution in [2.75, 3.05) is 26.2 Å². The van der Waals surface area contributed by atoms with Gasteiger partial charge in [0.1, 0.15) is 0 Å². The van der Waals surface area contributed by atoms with Crippen LogP contribution >= 0.6 is 0 Å². The molecular weight excluding hydrogens is 217 g/mol. The minimum atomic E-state index is -4.07. The Morgan fingerprint density at radius 2 is 2.00 bits per heavy atom. The minimum absolute atomic E-state index is 0.0233. The predicted octanol–water partition coefficient (Wildman–Crippen LogP) is 2.01. The Kier molecular flexibility index (Phi) is 3.18. The van der Waals surface area contributed by atoms with Crippen LogP contribution in [0, 0.1) is 5.92 Å². The van der Waals surface area contributed by atoms with Crippen LogP contribution in [-0.4, -0.2) is 42.8 Å². The Bertz CT molecular complexity index is 248. The van der Waals surface area contributed by atoms with Gasteiger partial charge in [-0.25, -0.2) is 0 Å². The maximum absolute atomic E-state index is 12.7. The van der Waals surface area contributed by atoms with Crippen molar-refractivity contribution in [1.29, 1.82) is 0 Å². The summed E-state index contributed by atoms with van der Waals surface area (Å²) in [6.07, 6.45) is -0.845. The Morgan fingerprint density at radius 1 is 1.31 bits per heavy atom. The largest absolute Gasteiger partial charge is 0.394 e. The number of nitrogens with zero attached hydrogens (tertiary/aromatic N) is 1. The van der Waals surface area contributed by atoms with Crippen LogP contribution in [0.2, 0.25) is 0 Å². The highest BCUT2D eigenvalue weighted by Gasteiger charge is 2.45. The van der Waals surface area contributed by atoms with E-state index >= 15 is 0 Å². The average Bonchev–Trinajstić information content (AvgIpc) is 2.38. The SMILES string of the molecule is CC1(N2CCNCC(C(F)(F)F)C2)CCC1. The van der Waals surface area contributed by atoms with Crippen molar-refractivity contribution < 1.29 is 13.2 Å². The van der Waals surface area contributed by atoms with Gasteiger partial charge in [0.05, 0.1) is 5.92 Å². The monoisotopic (exact) mass is 236 g/mol. The topological polar surface area (TPSA) is 15.3 Å². The van der Waals surface area contributed by atoms with Crippen LogP contribution in [0.25, 0.3) is 0 Å². The predicted molar refractivity (Wildman–Crippen MR) is 56.2 cm³/mol. The smallest absolute Gasteiger partial charge is 0.315 e. The molecule has 1 saturated carbocycles. The summed E-state index contributed by atoms with van der Waals surface area (Å²) in [6.45, 7) is 3.73. The van der Waals surface area contributed by atoms with Gasteiger partial charge in [-0.1, -0.05) is 0 Å². The fraction of sp³-hybridized carbons (Fsp3) is 1.00. The summed E-state index contributed by atoms with van der Waals surface area (Å²) < 4.78 is 38.2. The van der Waals surface area contributed by atoms with Gasteiger partial charge >= 0.3 is 6.18 Å². The summed E-state index contributed by atoms with van der Waals surface area (Å²) in [5.74, 6) is -1.22. The molecule has 0 radical (unpaired) electrons. The highest BCUT2D eigenvalue weighted by Crippen LogP contribution is 2.39. The maximum Gasteiger partial charge on any atom is 0.394 e. The van der Waals surface area contributed by atoms with E-state index in [1.165, 1.54) is 0 Å². The molecule has 1 heterocycles. The lowest BCUT2D eigenvalue weighted by Crippen LogP contribution is -2.54. The maximum atomic E-state index is 12.7. The van der Waals surface area contributed by atoms with E-state index in [-0.39, 0.29) is 18.6 Å². The number of alkyl halides is 3. The minimum Gasteiger partial charge on any atom is -0.315 e. The van der Waals surface area contributed by atoms with Crippen LogP contribution in [0.4, 0.5) is 13.2 Å². The van der Waals surface area contributed by atoms with E-state index in [1.54, 1.807) is 0 Å². The van der Waals surface area contributed by atoms with Gasteiger partial charge in [0.2, 0.25) is 0 Å². The molecule has 2 rings (SSSR count). The molecule has 1 atom stereocenters. The molecule has 0 bridgehead atoms. The van der Waals surface area contributed by atoms with Gasteiger partial charge in [-0.05, 0) is 26.2 Å². The molecule has 0 aromatic heterocycles. The van der Waals surface area contributed by atoms with E-state index in [9.17, 15) is 13.2 Å². The first kappa shape index (κ1) is 12.2. The van der Waals surface area contributed by atoms with E-state index in [1.807, 2.05) is 4.90 Å². The van der Waals surface area contributed by atoms with Gasteiger partial charge in [-0.2, -0.15) is 13.2 Å². The molecule has 0 spiro atoms. The Hall–Kier alpha value is -0.290. The molecule has 16 heavy (non-hydrogen) atoms. The third-order valence-corrected chi connectivity index (χ3v) is 4.05. The summed E-state index contributed by atoms with van der Waals surface area (Å²) >= 11 is 0. The van der Waals surface area contributed by atoms with Crippen molar-refractivity contribution in [3.05, 3.63) is 0 Å². The summed E-state index contributed by atoms with van der Waals surface area (Å²) in [5, 5.41) is 2.89. The molecule has 1 saturated heterocycles. The third kappa shape index (κ3) is 2.35. The molecule has 0 amide bonds. The third-order valence-electron chi connectivity index (χ3n) is 4.05. The lowest BCUT2D eigenvalue weighted by atomic mass is 9.76. The van der Waals surface area contributed by atoms with Crippen molar-refractivity contribution in [1.82, 2.24) is 10.2 Å². The Labute approximate surface area is 94.2 Å². The first-order valence-corrected chi connectivity index (χ1v) is 5.94. The van der Waals surface area contributed by atoms with E-state index < -0.39 is 12.1 Å². The van der Waals surface area contributed by atoms with E-state index in [2.05, 4.69) is 12.2 Å². The van der Waals surface area contributed by atoms with Crippen molar-refractivity contribution in [2.24, 2.45) is 5.92 Å². The zero-order valence-electron chi connectivity index (χ0n) is 9.61. The molecule has 5 heteroatoms. The first-order valence-electron chi connectivity index (χ1n) is 5.94. The van der Waals surface area contributed by atoms with Crippen LogP contribution in [0.5, 0.6) is 0 Å². The Morgan fingerprint density at radius 3 is 2.50 bits per heavy atom. The van der Waals surface area contributed by atoms with E-state index in [0.29, 0.717) is 6.54 Å². The molecule has 1 N–H and O–H groups in total. The molecule has 1 aliphatic heterocycles. The summed E-state index contributed by atoms with van der Waals surface area (Å²) in [6, 6.07) is 0. The first-order chi connectivity index (χ1) is 7.42. The van der Waals surface area contributed by atoms with Crippen molar-refractivity contribution in [3.63, 3.8) is 0 Å². The van der Waals surface area contributed by atoms with E-state index in [0.717, 1.165) is 25.8 Å². The fourth-order valence-corrected chi connectivity index (χ4v) is 2.63. The van der Waals surface area contributed by atoms with Gasteiger partial charge in [-0.15, -0.1) is 0 Å². The zero-order valence-corrected chi connectivity index (χ0v) is 9.61. The van der Waals surface area contributed by atoms with Crippen LogP contribution < -0.4 is 5.32 Å². The second kappa shape index (κ2) is 4.18. The molecule has 0 aromatic carbocycles. The number of nitrogens with one attached hydrogen (secondary N) is 1. The summed E-state index contributed by atoms with van der Waals surface area (Å²) in [5.41, 5.74) is 0.0233. The lowest BCUT2D eigenvalue weighted by Gasteiger charge is -2.48. The van der Waals surface area contributed by atoms with Crippen LogP contribution in [-0.2, 0) is 0 Å². The highest BCUT2D eigenvalue weighted by molar-refractivity contribution is 4.96. The molecule has 1 aliphatic carbocycles. The second-order valence-corrected chi connectivity index (χ2v) is 5.24. The van der Waals surface area contributed by atoms with E-state index in [4.69, 9.17) is 0 Å². The molecule has 2 nitrogen and oxygen atoms in total.